The zero-order valence-electron chi connectivity index (χ0n) is 11.6. The van der Waals surface area contributed by atoms with E-state index in [9.17, 15) is 9.18 Å². The molecule has 0 atom stereocenters. The minimum absolute atomic E-state index is 0.0337. The highest BCUT2D eigenvalue weighted by molar-refractivity contribution is 5.98. The first-order valence-corrected chi connectivity index (χ1v) is 6.40. The van der Waals surface area contributed by atoms with E-state index in [2.05, 4.69) is 25.5 Å². The molecule has 2 aromatic heterocycles. The largest absolute Gasteiger partial charge is 0.368 e. The van der Waals surface area contributed by atoms with Gasteiger partial charge in [-0.2, -0.15) is 15.2 Å². The molecule has 0 radical (unpaired) electrons. The molecular weight excluding hydrogens is 303 g/mol. The van der Waals surface area contributed by atoms with E-state index in [0.29, 0.717) is 5.69 Å². The first kappa shape index (κ1) is 14.4. The molecule has 0 aliphatic carbocycles. The first-order chi connectivity index (χ1) is 11.0. The number of nitrogen functional groups attached to an aromatic ring is 1. The lowest BCUT2D eigenvalue weighted by atomic mass is 10.2. The average molecular weight is 314 g/mol. The van der Waals surface area contributed by atoms with E-state index in [4.69, 9.17) is 11.5 Å². The Morgan fingerprint density at radius 2 is 2.00 bits per heavy atom. The third kappa shape index (κ3) is 2.90. The van der Waals surface area contributed by atoms with Crippen molar-refractivity contribution in [3.05, 3.63) is 48.2 Å². The molecule has 23 heavy (non-hydrogen) atoms. The predicted molar refractivity (Wildman–Crippen MR) is 79.6 cm³/mol. The topological polar surface area (TPSA) is 138 Å². The minimum atomic E-state index is -0.719. The fraction of sp³-hybridized carbons (Fsp3) is 0. The van der Waals surface area contributed by atoms with Crippen molar-refractivity contribution >= 4 is 23.4 Å². The van der Waals surface area contributed by atoms with Crippen LogP contribution in [0.25, 0.3) is 5.69 Å². The smallest absolute Gasteiger partial charge is 0.254 e. The lowest BCUT2D eigenvalue weighted by Gasteiger charge is -2.11. The molecule has 2 heterocycles. The minimum Gasteiger partial charge on any atom is -0.368 e. The number of nitrogens with two attached hydrogens (primary N) is 2. The van der Waals surface area contributed by atoms with Gasteiger partial charge >= 0.3 is 0 Å². The molecule has 1 amide bonds. The van der Waals surface area contributed by atoms with Crippen molar-refractivity contribution in [1.82, 2.24) is 25.0 Å². The molecule has 116 valence electrons. The van der Waals surface area contributed by atoms with E-state index in [1.165, 1.54) is 36.8 Å². The Morgan fingerprint density at radius 1 is 1.26 bits per heavy atom. The van der Waals surface area contributed by atoms with Crippen molar-refractivity contribution in [3.63, 3.8) is 0 Å². The van der Waals surface area contributed by atoms with E-state index >= 15 is 0 Å². The number of aromatic nitrogens is 5. The monoisotopic (exact) mass is 314 g/mol. The summed E-state index contributed by atoms with van der Waals surface area (Å²) in [6, 6.07) is 4.15. The number of nitrogens with zero attached hydrogens (tertiary/aromatic N) is 5. The van der Waals surface area contributed by atoms with Crippen molar-refractivity contribution in [2.75, 3.05) is 11.1 Å². The lowest BCUT2D eigenvalue weighted by Crippen LogP contribution is -2.16. The highest BCUT2D eigenvalue weighted by atomic mass is 19.1. The van der Waals surface area contributed by atoms with Crippen LogP contribution < -0.4 is 16.8 Å². The van der Waals surface area contributed by atoms with E-state index in [1.807, 2.05) is 0 Å². The maximum absolute atomic E-state index is 13.9. The molecule has 0 saturated heterocycles. The van der Waals surface area contributed by atoms with Gasteiger partial charge in [-0.05, 0) is 18.2 Å². The molecule has 1 aromatic carbocycles. The number of carbonyl (C=O) groups excluding carboxylic acids is 1. The summed E-state index contributed by atoms with van der Waals surface area (Å²) in [4.78, 5) is 20.2. The number of hydrogen-bond acceptors (Lipinski definition) is 7. The second kappa shape index (κ2) is 5.67. The van der Waals surface area contributed by atoms with Gasteiger partial charge in [-0.3, -0.25) is 4.79 Å². The van der Waals surface area contributed by atoms with Gasteiger partial charge in [-0.15, -0.1) is 4.80 Å². The standard InChI is InChI=1S/C13H11FN8O/c14-9-2-1-7(5-10(9)22-18-3-4-19-22)20-12-8(11(15)23)6-17-13(16)21-12/h1-6H,(H2,15,23)(H3,16,17,20,21). The second-order valence-electron chi connectivity index (χ2n) is 4.46. The molecule has 0 aliphatic rings. The molecular formula is C13H11FN8O. The van der Waals surface area contributed by atoms with Crippen LogP contribution in [0.15, 0.2) is 36.8 Å². The second-order valence-corrected chi connectivity index (χ2v) is 4.46. The van der Waals surface area contributed by atoms with Gasteiger partial charge in [0.1, 0.15) is 17.1 Å². The highest BCUT2D eigenvalue weighted by Crippen LogP contribution is 2.22. The summed E-state index contributed by atoms with van der Waals surface area (Å²) in [5.41, 5.74) is 11.4. The van der Waals surface area contributed by atoms with Crippen molar-refractivity contribution < 1.29 is 9.18 Å². The fourth-order valence-electron chi connectivity index (χ4n) is 1.89. The van der Waals surface area contributed by atoms with Gasteiger partial charge in [0.05, 0.1) is 12.4 Å². The zero-order chi connectivity index (χ0) is 16.4. The van der Waals surface area contributed by atoms with E-state index in [0.717, 1.165) is 4.80 Å². The van der Waals surface area contributed by atoms with Crippen LogP contribution in [0, 0.1) is 5.82 Å². The number of carbonyl (C=O) groups is 1. The molecule has 0 saturated carbocycles. The van der Waals surface area contributed by atoms with Gasteiger partial charge in [-0.1, -0.05) is 0 Å². The molecule has 0 unspecified atom stereocenters. The van der Waals surface area contributed by atoms with Gasteiger partial charge in [0.15, 0.2) is 5.82 Å². The molecule has 0 bridgehead atoms. The van der Waals surface area contributed by atoms with E-state index < -0.39 is 11.7 Å². The molecule has 3 rings (SSSR count). The molecule has 9 nitrogen and oxygen atoms in total. The summed E-state index contributed by atoms with van der Waals surface area (Å²) < 4.78 is 13.9. The number of primary amides is 1. The molecule has 5 N–H and O–H groups in total. The van der Waals surface area contributed by atoms with Crippen molar-refractivity contribution in [1.29, 1.82) is 0 Å². The van der Waals surface area contributed by atoms with Crippen LogP contribution in [-0.2, 0) is 0 Å². The lowest BCUT2D eigenvalue weighted by molar-refractivity contribution is 0.100. The number of halogens is 1. The number of nitrogens with one attached hydrogen (secondary N) is 1. The molecule has 0 aliphatic heterocycles. The Balaban J connectivity index is 2.00. The first-order valence-electron chi connectivity index (χ1n) is 6.40. The summed E-state index contributed by atoms with van der Waals surface area (Å²) in [5.74, 6) is -1.14. The number of amides is 1. The predicted octanol–water partition coefficient (Wildman–Crippen LogP) is 0.621. The maximum atomic E-state index is 13.9. The molecule has 3 aromatic rings. The highest BCUT2D eigenvalue weighted by Gasteiger charge is 2.13. The SMILES string of the molecule is NC(=O)c1cnc(N)nc1Nc1ccc(F)c(-n2nccn2)c1. The third-order valence-corrected chi connectivity index (χ3v) is 2.92. The number of hydrogen-bond donors (Lipinski definition) is 3. The molecule has 0 fully saturated rings. The fourth-order valence-corrected chi connectivity index (χ4v) is 1.89. The Morgan fingerprint density at radius 3 is 2.70 bits per heavy atom. The Bertz CT molecular complexity index is 864. The van der Waals surface area contributed by atoms with Crippen LogP contribution in [0.4, 0.5) is 21.8 Å². The Hall–Kier alpha value is -3.56. The molecule has 0 spiro atoms. The zero-order valence-corrected chi connectivity index (χ0v) is 11.6. The van der Waals surface area contributed by atoms with Crippen LogP contribution in [0.5, 0.6) is 0 Å². The van der Waals surface area contributed by atoms with Crippen LogP contribution in [-0.4, -0.2) is 30.9 Å². The summed E-state index contributed by atoms with van der Waals surface area (Å²) in [6.07, 6.45) is 4.07. The number of anilines is 3. The average Bonchev–Trinajstić information content (AvgIpc) is 3.03. The summed E-state index contributed by atoms with van der Waals surface area (Å²) >= 11 is 0. The number of benzene rings is 1. The van der Waals surface area contributed by atoms with Crippen LogP contribution in [0.2, 0.25) is 0 Å². The van der Waals surface area contributed by atoms with Gasteiger partial charge in [0.2, 0.25) is 5.95 Å². The number of rotatable bonds is 4. The van der Waals surface area contributed by atoms with Crippen molar-refractivity contribution in [3.8, 4) is 5.69 Å². The van der Waals surface area contributed by atoms with Crippen molar-refractivity contribution in [2.45, 2.75) is 0 Å². The van der Waals surface area contributed by atoms with Crippen LogP contribution in [0.1, 0.15) is 10.4 Å². The summed E-state index contributed by atoms with van der Waals surface area (Å²) in [6.45, 7) is 0. The summed E-state index contributed by atoms with van der Waals surface area (Å²) in [7, 11) is 0. The third-order valence-electron chi connectivity index (χ3n) is 2.92. The Labute approximate surface area is 129 Å². The van der Waals surface area contributed by atoms with Crippen LogP contribution >= 0.6 is 0 Å². The molecule has 10 heteroatoms. The van der Waals surface area contributed by atoms with Gasteiger partial charge in [-0.25, -0.2) is 9.37 Å². The van der Waals surface area contributed by atoms with Crippen LogP contribution in [0.3, 0.4) is 0 Å². The summed E-state index contributed by atoms with van der Waals surface area (Å²) in [5, 5.41) is 10.6. The Kier molecular flexibility index (Phi) is 3.55. The quantitative estimate of drug-likeness (QED) is 0.641. The van der Waals surface area contributed by atoms with E-state index in [-0.39, 0.29) is 23.0 Å². The van der Waals surface area contributed by atoms with E-state index in [1.54, 1.807) is 0 Å². The normalized spacial score (nSPS) is 10.5. The van der Waals surface area contributed by atoms with Gasteiger partial charge in [0.25, 0.3) is 5.91 Å². The maximum Gasteiger partial charge on any atom is 0.254 e. The van der Waals surface area contributed by atoms with Gasteiger partial charge in [0, 0.05) is 11.9 Å². The van der Waals surface area contributed by atoms with Gasteiger partial charge < -0.3 is 16.8 Å². The van der Waals surface area contributed by atoms with Crippen molar-refractivity contribution in [2.24, 2.45) is 5.73 Å².